The van der Waals surface area contributed by atoms with Gasteiger partial charge in [0.05, 0.1) is 0 Å². The fourth-order valence-electron chi connectivity index (χ4n) is 1.93. The summed E-state index contributed by atoms with van der Waals surface area (Å²) in [6.07, 6.45) is 1.10. The molecule has 1 aliphatic heterocycles. The van der Waals surface area contributed by atoms with Gasteiger partial charge >= 0.3 is 5.97 Å². The van der Waals surface area contributed by atoms with Crippen molar-refractivity contribution in [2.24, 2.45) is 5.92 Å². The number of likely N-dealkylation sites (tertiary alicyclic amines) is 1. The van der Waals surface area contributed by atoms with Gasteiger partial charge in [-0.2, -0.15) is 0 Å². The molecule has 0 aromatic heterocycles. The summed E-state index contributed by atoms with van der Waals surface area (Å²) >= 11 is 3.23. The molecule has 1 fully saturated rings. The Balaban J connectivity index is 2.55. The average Bonchev–Trinajstić information content (AvgIpc) is 2.51. The van der Waals surface area contributed by atoms with Crippen molar-refractivity contribution in [2.75, 3.05) is 20.1 Å². The zero-order valence-corrected chi connectivity index (χ0v) is 11.5. The first kappa shape index (κ1) is 13.0. The van der Waals surface area contributed by atoms with Crippen LogP contribution in [0.1, 0.15) is 27.2 Å². The van der Waals surface area contributed by atoms with E-state index < -0.39 is 0 Å². The fraction of sp³-hybridized carbons (Fsp3) is 0.909. The van der Waals surface area contributed by atoms with Crippen LogP contribution in [0.4, 0.5) is 0 Å². The normalized spacial score (nSPS) is 25.3. The highest BCUT2D eigenvalue weighted by atomic mass is 79.9. The van der Waals surface area contributed by atoms with Gasteiger partial charge in [-0.3, -0.25) is 4.79 Å². The van der Waals surface area contributed by atoms with Crippen LogP contribution in [0, 0.1) is 5.92 Å². The minimum absolute atomic E-state index is 0.172. The topological polar surface area (TPSA) is 29.5 Å². The third-order valence-electron chi connectivity index (χ3n) is 3.06. The molecule has 0 aromatic carbocycles. The second-order valence-corrected chi connectivity index (χ2v) is 6.26. The maximum absolute atomic E-state index is 11.5. The molecule has 0 aliphatic carbocycles. The molecule has 2 atom stereocenters. The van der Waals surface area contributed by atoms with Crippen LogP contribution in [0.25, 0.3) is 0 Å². The van der Waals surface area contributed by atoms with Crippen molar-refractivity contribution in [3.8, 4) is 0 Å². The minimum atomic E-state index is -0.357. The van der Waals surface area contributed by atoms with Crippen molar-refractivity contribution < 1.29 is 9.53 Å². The summed E-state index contributed by atoms with van der Waals surface area (Å²) < 4.78 is 5.52. The highest BCUT2D eigenvalue weighted by molar-refractivity contribution is 9.10. The molecule has 0 radical (unpaired) electrons. The van der Waals surface area contributed by atoms with Crippen LogP contribution in [-0.4, -0.2) is 41.4 Å². The number of esters is 1. The van der Waals surface area contributed by atoms with E-state index in [1.54, 1.807) is 6.92 Å². The van der Waals surface area contributed by atoms with Gasteiger partial charge in [0.25, 0.3) is 0 Å². The Morgan fingerprint density at radius 3 is 2.60 bits per heavy atom. The van der Waals surface area contributed by atoms with E-state index in [-0.39, 0.29) is 16.4 Å². The number of alkyl halides is 1. The third kappa shape index (κ3) is 3.45. The summed E-state index contributed by atoms with van der Waals surface area (Å²) in [6, 6.07) is 0. The average molecular weight is 278 g/mol. The number of rotatable bonds is 3. The number of hydrogen-bond acceptors (Lipinski definition) is 3. The Morgan fingerprint density at radius 1 is 1.60 bits per heavy atom. The molecule has 0 spiro atoms. The van der Waals surface area contributed by atoms with Gasteiger partial charge in [-0.1, -0.05) is 15.9 Å². The van der Waals surface area contributed by atoms with E-state index >= 15 is 0 Å². The van der Waals surface area contributed by atoms with Crippen molar-refractivity contribution >= 4 is 21.9 Å². The van der Waals surface area contributed by atoms with E-state index in [4.69, 9.17) is 4.74 Å². The van der Waals surface area contributed by atoms with E-state index in [1.165, 1.54) is 0 Å². The molecule has 0 amide bonds. The monoisotopic (exact) mass is 277 g/mol. The minimum Gasteiger partial charge on any atom is -0.458 e. The molecule has 88 valence electrons. The predicted molar refractivity (Wildman–Crippen MR) is 64.2 cm³/mol. The van der Waals surface area contributed by atoms with Crippen LogP contribution in [0.5, 0.6) is 0 Å². The fourth-order valence-corrected chi connectivity index (χ4v) is 2.02. The van der Waals surface area contributed by atoms with E-state index in [9.17, 15) is 4.79 Å². The van der Waals surface area contributed by atoms with Crippen LogP contribution in [0.15, 0.2) is 0 Å². The molecular formula is C11H20BrNO2. The highest BCUT2D eigenvalue weighted by Crippen LogP contribution is 2.30. The zero-order chi connectivity index (χ0) is 11.6. The molecular weight excluding hydrogens is 258 g/mol. The van der Waals surface area contributed by atoms with Gasteiger partial charge in [-0.25, -0.2) is 0 Å². The number of hydrogen-bond donors (Lipinski definition) is 0. The van der Waals surface area contributed by atoms with E-state index in [0.29, 0.717) is 5.92 Å². The van der Waals surface area contributed by atoms with Crippen molar-refractivity contribution in [3.63, 3.8) is 0 Å². The second-order valence-electron chi connectivity index (χ2n) is 4.89. The van der Waals surface area contributed by atoms with Crippen molar-refractivity contribution in [2.45, 2.75) is 37.6 Å². The molecule has 0 saturated carbocycles. The molecule has 1 rings (SSSR count). The first-order chi connectivity index (χ1) is 6.83. The lowest BCUT2D eigenvalue weighted by atomic mass is 9.90. The maximum atomic E-state index is 11.5. The Kier molecular flexibility index (Phi) is 4.18. The quantitative estimate of drug-likeness (QED) is 0.584. The van der Waals surface area contributed by atoms with Gasteiger partial charge in [0, 0.05) is 12.5 Å². The number of ether oxygens (including phenoxy) is 1. The van der Waals surface area contributed by atoms with E-state index in [0.717, 1.165) is 19.5 Å². The van der Waals surface area contributed by atoms with Crippen LogP contribution < -0.4 is 0 Å². The molecule has 2 unspecified atom stereocenters. The first-order valence-corrected chi connectivity index (χ1v) is 6.30. The lowest BCUT2D eigenvalue weighted by Crippen LogP contribution is -2.39. The molecule has 0 bridgehead atoms. The van der Waals surface area contributed by atoms with Crippen LogP contribution in [-0.2, 0) is 9.53 Å². The molecule has 1 heterocycles. The van der Waals surface area contributed by atoms with Crippen molar-refractivity contribution in [1.29, 1.82) is 0 Å². The van der Waals surface area contributed by atoms with Crippen molar-refractivity contribution in [3.05, 3.63) is 0 Å². The summed E-state index contributed by atoms with van der Waals surface area (Å²) in [4.78, 5) is 13.6. The van der Waals surface area contributed by atoms with E-state index in [2.05, 4.69) is 27.9 Å². The van der Waals surface area contributed by atoms with Gasteiger partial charge in [0.2, 0.25) is 0 Å². The molecule has 15 heavy (non-hydrogen) atoms. The second kappa shape index (κ2) is 4.83. The Morgan fingerprint density at radius 2 is 2.20 bits per heavy atom. The molecule has 3 nitrogen and oxygen atoms in total. The predicted octanol–water partition coefficient (Wildman–Crippen LogP) is 2.04. The summed E-state index contributed by atoms with van der Waals surface area (Å²) in [7, 11) is 2.10. The Hall–Kier alpha value is -0.0900. The third-order valence-corrected chi connectivity index (χ3v) is 3.44. The summed E-state index contributed by atoms with van der Waals surface area (Å²) in [6.45, 7) is 7.90. The van der Waals surface area contributed by atoms with Gasteiger partial charge in [-0.05, 0) is 40.8 Å². The van der Waals surface area contributed by atoms with Crippen molar-refractivity contribution in [1.82, 2.24) is 4.90 Å². The largest absolute Gasteiger partial charge is 0.458 e. The summed E-state index contributed by atoms with van der Waals surface area (Å²) in [5, 5.41) is 0. The maximum Gasteiger partial charge on any atom is 0.319 e. The smallest absolute Gasteiger partial charge is 0.319 e. The van der Waals surface area contributed by atoms with Gasteiger partial charge in [0.15, 0.2) is 0 Å². The Bertz CT molecular complexity index is 241. The highest BCUT2D eigenvalue weighted by Gasteiger charge is 2.37. The lowest BCUT2D eigenvalue weighted by Gasteiger charge is -2.31. The van der Waals surface area contributed by atoms with Gasteiger partial charge < -0.3 is 9.64 Å². The van der Waals surface area contributed by atoms with Crippen LogP contribution in [0.3, 0.4) is 0 Å². The number of carbonyl (C=O) groups excluding carboxylic acids is 1. The number of nitrogens with zero attached hydrogens (tertiary/aromatic N) is 1. The van der Waals surface area contributed by atoms with Gasteiger partial charge in [0.1, 0.15) is 10.4 Å². The van der Waals surface area contributed by atoms with Crippen LogP contribution >= 0.6 is 15.9 Å². The number of halogens is 1. The molecule has 4 heteroatoms. The molecule has 1 aliphatic rings. The first-order valence-electron chi connectivity index (χ1n) is 5.38. The standard InChI is InChI=1S/C11H20BrNO2/c1-8(12)10(14)15-11(2,3)9-5-6-13(4)7-9/h8-9H,5-7H2,1-4H3. The van der Waals surface area contributed by atoms with E-state index in [1.807, 2.05) is 13.8 Å². The molecule has 1 saturated heterocycles. The summed E-state index contributed by atoms with van der Waals surface area (Å²) in [5.41, 5.74) is -0.357. The lowest BCUT2D eigenvalue weighted by molar-refractivity contribution is -0.160. The summed E-state index contributed by atoms with van der Waals surface area (Å²) in [5.74, 6) is 0.271. The number of carbonyl (C=O) groups is 1. The zero-order valence-electron chi connectivity index (χ0n) is 9.92. The van der Waals surface area contributed by atoms with Gasteiger partial charge in [-0.15, -0.1) is 0 Å². The molecule has 0 aromatic rings. The Labute approximate surface area is 100 Å². The SMILES string of the molecule is CC(Br)C(=O)OC(C)(C)C1CCN(C)C1. The van der Waals surface area contributed by atoms with Crippen LogP contribution in [0.2, 0.25) is 0 Å². The molecule has 0 N–H and O–H groups in total.